The largest absolute Gasteiger partial charge is 0.497 e. The second-order valence-electron chi connectivity index (χ2n) is 8.94. The van der Waals surface area contributed by atoms with E-state index in [1.165, 1.54) is 30.6 Å². The summed E-state index contributed by atoms with van der Waals surface area (Å²) in [6, 6.07) is 5.83. The summed E-state index contributed by atoms with van der Waals surface area (Å²) < 4.78 is 40.6. The number of carbonyl (C=O) groups is 1. The van der Waals surface area contributed by atoms with Crippen LogP contribution in [0.15, 0.2) is 35.4 Å². The van der Waals surface area contributed by atoms with Gasteiger partial charge in [0.25, 0.3) is 0 Å². The topological polar surface area (TPSA) is 127 Å². The summed E-state index contributed by atoms with van der Waals surface area (Å²) in [6.07, 6.45) is 2.14. The van der Waals surface area contributed by atoms with Gasteiger partial charge in [-0.1, -0.05) is 12.1 Å². The van der Waals surface area contributed by atoms with Crippen LogP contribution in [-0.4, -0.2) is 89.6 Å². The number of likely N-dealkylation sites (N-methyl/N-ethyl adjacent to an activating group) is 1. The molecule has 0 fully saturated rings. The van der Waals surface area contributed by atoms with Crippen LogP contribution in [0.2, 0.25) is 0 Å². The summed E-state index contributed by atoms with van der Waals surface area (Å²) in [5, 5.41) is 17.9. The Balaban J connectivity index is 1.84. The lowest BCUT2D eigenvalue weighted by Crippen LogP contribution is -2.47. The number of nitrogens with zero attached hydrogens (tertiary/aromatic N) is 5. The molecule has 3 rings (SSSR count). The Morgan fingerprint density at radius 1 is 1.31 bits per heavy atom. The first-order valence-corrected chi connectivity index (χ1v) is 13.1. The minimum absolute atomic E-state index is 0.0687. The number of benzene rings is 1. The molecule has 194 valence electrons. The van der Waals surface area contributed by atoms with Gasteiger partial charge in [0.2, 0.25) is 15.9 Å². The van der Waals surface area contributed by atoms with E-state index in [0.29, 0.717) is 37.4 Å². The highest BCUT2D eigenvalue weighted by Gasteiger charge is 2.31. The maximum atomic E-state index is 13.2. The van der Waals surface area contributed by atoms with Gasteiger partial charge in [-0.25, -0.2) is 8.42 Å². The smallest absolute Gasteiger partial charge is 0.242 e. The lowest BCUT2D eigenvalue weighted by molar-refractivity contribution is -0.136. The number of fused-ring (bicyclic) bond motifs is 2. The van der Waals surface area contributed by atoms with Gasteiger partial charge in [0.05, 0.1) is 43.6 Å². The van der Waals surface area contributed by atoms with Crippen molar-refractivity contribution in [1.82, 2.24) is 24.2 Å². The third kappa shape index (κ3) is 6.78. The Kier molecular flexibility index (Phi) is 9.22. The monoisotopic (exact) mass is 509 g/mol. The molecule has 2 aromatic rings. The van der Waals surface area contributed by atoms with Crippen LogP contribution in [0.3, 0.4) is 0 Å². The highest BCUT2D eigenvalue weighted by molar-refractivity contribution is 7.89. The molecule has 11 nitrogen and oxygen atoms in total. The van der Waals surface area contributed by atoms with Crippen LogP contribution in [0.4, 0.5) is 0 Å². The molecular weight excluding hydrogens is 474 g/mol. The number of carbonyl (C=O) groups excluding carboxylic acids is 1. The fourth-order valence-electron chi connectivity index (χ4n) is 3.97. The second kappa shape index (κ2) is 11.9. The standard InChI is InChI=1S/C23H35N5O6S/c1-17-12-28(18(2)15-29)23(30)6-5-11-27-13-19(24-25-27)16-34-22(17)14-26(3)35(31,32)21-9-7-20(33-4)8-10-21/h7-10,13,17-18,22,29H,5-6,11-12,14-16H2,1-4H3/t17-,18-,22+/m0/s1. The van der Waals surface area contributed by atoms with E-state index in [9.17, 15) is 18.3 Å². The molecule has 0 unspecified atom stereocenters. The molecule has 0 saturated carbocycles. The lowest BCUT2D eigenvalue weighted by atomic mass is 10.0. The van der Waals surface area contributed by atoms with Crippen molar-refractivity contribution in [3.8, 4) is 5.75 Å². The molecule has 0 spiro atoms. The predicted octanol–water partition coefficient (Wildman–Crippen LogP) is 1.13. The van der Waals surface area contributed by atoms with Crippen molar-refractivity contribution < 1.29 is 27.8 Å². The van der Waals surface area contributed by atoms with Crippen LogP contribution >= 0.6 is 0 Å². The van der Waals surface area contributed by atoms with Crippen molar-refractivity contribution in [3.05, 3.63) is 36.2 Å². The Bertz CT molecular complexity index is 1070. The van der Waals surface area contributed by atoms with Gasteiger partial charge in [-0.15, -0.1) is 5.10 Å². The van der Waals surface area contributed by atoms with Crippen LogP contribution in [0.5, 0.6) is 5.75 Å². The third-order valence-corrected chi connectivity index (χ3v) is 8.09. The molecule has 1 aliphatic rings. The number of sulfonamides is 1. The highest BCUT2D eigenvalue weighted by atomic mass is 32.2. The molecule has 1 aromatic carbocycles. The summed E-state index contributed by atoms with van der Waals surface area (Å²) >= 11 is 0. The number of aliphatic hydroxyl groups is 1. The van der Waals surface area contributed by atoms with Gasteiger partial charge in [-0.2, -0.15) is 4.31 Å². The predicted molar refractivity (Wildman–Crippen MR) is 128 cm³/mol. The zero-order valence-electron chi connectivity index (χ0n) is 20.7. The number of hydrogen-bond donors (Lipinski definition) is 1. The normalized spacial score (nSPS) is 21.2. The van der Waals surface area contributed by atoms with E-state index >= 15 is 0 Å². The van der Waals surface area contributed by atoms with Crippen molar-refractivity contribution in [2.45, 2.75) is 56.9 Å². The van der Waals surface area contributed by atoms with E-state index < -0.39 is 16.1 Å². The number of ether oxygens (including phenoxy) is 2. The van der Waals surface area contributed by atoms with Crippen LogP contribution in [0, 0.1) is 5.92 Å². The number of aryl methyl sites for hydroxylation is 1. The summed E-state index contributed by atoms with van der Waals surface area (Å²) in [5.41, 5.74) is 0.633. The maximum Gasteiger partial charge on any atom is 0.242 e. The van der Waals surface area contributed by atoms with Gasteiger partial charge in [0, 0.05) is 39.0 Å². The molecule has 1 aromatic heterocycles. The number of amides is 1. The van der Waals surface area contributed by atoms with Crippen LogP contribution < -0.4 is 4.74 Å². The molecule has 0 aliphatic carbocycles. The highest BCUT2D eigenvalue weighted by Crippen LogP contribution is 2.22. The van der Waals surface area contributed by atoms with Gasteiger partial charge in [-0.3, -0.25) is 9.48 Å². The number of methoxy groups -OCH3 is 1. The Hall–Kier alpha value is -2.54. The van der Waals surface area contributed by atoms with Gasteiger partial charge < -0.3 is 19.5 Å². The summed E-state index contributed by atoms with van der Waals surface area (Å²) in [7, 11) is -0.762. The van der Waals surface area contributed by atoms with Crippen molar-refractivity contribution in [3.63, 3.8) is 0 Å². The quantitative estimate of drug-likeness (QED) is 0.589. The molecule has 0 radical (unpaired) electrons. The van der Waals surface area contributed by atoms with E-state index in [1.807, 2.05) is 6.92 Å². The zero-order chi connectivity index (χ0) is 25.6. The minimum Gasteiger partial charge on any atom is -0.497 e. The second-order valence-corrected chi connectivity index (χ2v) is 11.0. The molecule has 35 heavy (non-hydrogen) atoms. The summed E-state index contributed by atoms with van der Waals surface area (Å²) in [6.45, 7) is 4.64. The molecular formula is C23H35N5O6S. The van der Waals surface area contributed by atoms with Gasteiger partial charge in [0.15, 0.2) is 0 Å². The molecule has 1 N–H and O–H groups in total. The van der Waals surface area contributed by atoms with E-state index in [0.717, 1.165) is 0 Å². The van der Waals surface area contributed by atoms with Gasteiger partial charge in [0.1, 0.15) is 11.4 Å². The lowest BCUT2D eigenvalue weighted by Gasteiger charge is -2.35. The van der Waals surface area contributed by atoms with Crippen molar-refractivity contribution in [2.24, 2.45) is 5.92 Å². The molecule has 3 atom stereocenters. The van der Waals surface area contributed by atoms with Crippen molar-refractivity contribution in [1.29, 1.82) is 0 Å². The van der Waals surface area contributed by atoms with Gasteiger partial charge >= 0.3 is 0 Å². The SMILES string of the molecule is COc1ccc(S(=O)(=O)N(C)C[C@H]2OCc3cn(nn3)CCCC(=O)N([C@@H](C)CO)C[C@@H]2C)cc1. The van der Waals surface area contributed by atoms with E-state index in [1.54, 1.807) is 34.8 Å². The van der Waals surface area contributed by atoms with Crippen molar-refractivity contribution >= 4 is 15.9 Å². The number of aromatic nitrogens is 3. The molecule has 2 heterocycles. The number of hydrogen-bond acceptors (Lipinski definition) is 8. The maximum absolute atomic E-state index is 13.2. The van der Waals surface area contributed by atoms with E-state index in [-0.39, 0.29) is 42.5 Å². The fraction of sp³-hybridized carbons (Fsp3) is 0.609. The summed E-state index contributed by atoms with van der Waals surface area (Å²) in [4.78, 5) is 14.8. The fourth-order valence-corrected chi connectivity index (χ4v) is 5.16. The average molecular weight is 510 g/mol. The third-order valence-electron chi connectivity index (χ3n) is 6.25. The van der Waals surface area contributed by atoms with E-state index in [4.69, 9.17) is 9.47 Å². The van der Waals surface area contributed by atoms with E-state index in [2.05, 4.69) is 10.3 Å². The number of aliphatic hydroxyl groups excluding tert-OH is 1. The molecule has 12 heteroatoms. The molecule has 1 amide bonds. The Morgan fingerprint density at radius 2 is 2.03 bits per heavy atom. The zero-order valence-corrected chi connectivity index (χ0v) is 21.5. The first-order valence-electron chi connectivity index (χ1n) is 11.7. The van der Waals surface area contributed by atoms with Crippen LogP contribution in [0.25, 0.3) is 0 Å². The molecule has 2 bridgehead atoms. The Morgan fingerprint density at radius 3 is 2.69 bits per heavy atom. The summed E-state index contributed by atoms with van der Waals surface area (Å²) in [5.74, 6) is 0.266. The minimum atomic E-state index is -3.79. The van der Waals surface area contributed by atoms with Crippen LogP contribution in [0.1, 0.15) is 32.4 Å². The van der Waals surface area contributed by atoms with Crippen molar-refractivity contribution in [2.75, 3.05) is 33.9 Å². The first kappa shape index (κ1) is 27.1. The molecule has 1 aliphatic heterocycles. The van der Waals surface area contributed by atoms with Gasteiger partial charge in [-0.05, 0) is 37.6 Å². The Labute approximate surface area is 206 Å². The molecule has 0 saturated heterocycles. The first-order chi connectivity index (χ1) is 16.6. The number of rotatable bonds is 7. The van der Waals surface area contributed by atoms with Crippen LogP contribution in [-0.2, 0) is 32.7 Å². The average Bonchev–Trinajstić information content (AvgIpc) is 3.31.